The van der Waals surface area contributed by atoms with Gasteiger partial charge in [-0.05, 0) is 45.0 Å². The number of ether oxygens (including phenoxy) is 1. The van der Waals surface area contributed by atoms with Crippen molar-refractivity contribution >= 4 is 17.4 Å². The lowest BCUT2D eigenvalue weighted by Gasteiger charge is -2.34. The van der Waals surface area contributed by atoms with Gasteiger partial charge in [-0.1, -0.05) is 0 Å². The minimum Gasteiger partial charge on any atom is -0.373 e. The molecule has 1 saturated heterocycles. The van der Waals surface area contributed by atoms with E-state index in [4.69, 9.17) is 4.74 Å². The SMILES string of the molecule is CC(=O)c1ccc(NC(=O)CN2CC(C)OC(C)C2)cc1. The Labute approximate surface area is 125 Å². The van der Waals surface area contributed by atoms with Gasteiger partial charge >= 0.3 is 0 Å². The van der Waals surface area contributed by atoms with E-state index >= 15 is 0 Å². The van der Waals surface area contributed by atoms with E-state index in [9.17, 15) is 9.59 Å². The van der Waals surface area contributed by atoms with Crippen molar-refractivity contribution in [3.05, 3.63) is 29.8 Å². The molecule has 5 nitrogen and oxygen atoms in total. The van der Waals surface area contributed by atoms with Crippen LogP contribution in [0.15, 0.2) is 24.3 Å². The van der Waals surface area contributed by atoms with Crippen LogP contribution in [0.5, 0.6) is 0 Å². The minimum atomic E-state index is -0.0492. The summed E-state index contributed by atoms with van der Waals surface area (Å²) in [5.74, 6) is -0.0314. The summed E-state index contributed by atoms with van der Waals surface area (Å²) in [4.78, 5) is 25.3. The number of nitrogens with one attached hydrogen (secondary N) is 1. The molecule has 1 heterocycles. The molecule has 1 aliphatic rings. The first-order chi connectivity index (χ1) is 9.94. The summed E-state index contributed by atoms with van der Waals surface area (Å²) in [7, 11) is 0. The number of benzene rings is 1. The molecule has 0 saturated carbocycles. The van der Waals surface area contributed by atoms with Gasteiger partial charge in [0.05, 0.1) is 18.8 Å². The van der Waals surface area contributed by atoms with Gasteiger partial charge in [-0.2, -0.15) is 0 Å². The van der Waals surface area contributed by atoms with E-state index in [0.717, 1.165) is 13.1 Å². The molecule has 0 aliphatic carbocycles. The lowest BCUT2D eigenvalue weighted by molar-refractivity contribution is -0.121. The highest BCUT2D eigenvalue weighted by Crippen LogP contribution is 2.12. The second-order valence-corrected chi connectivity index (χ2v) is 5.63. The van der Waals surface area contributed by atoms with E-state index in [1.165, 1.54) is 6.92 Å². The van der Waals surface area contributed by atoms with Gasteiger partial charge in [0.25, 0.3) is 0 Å². The lowest BCUT2D eigenvalue weighted by Crippen LogP contribution is -2.48. The molecular weight excluding hydrogens is 268 g/mol. The maximum Gasteiger partial charge on any atom is 0.238 e. The molecule has 21 heavy (non-hydrogen) atoms. The monoisotopic (exact) mass is 290 g/mol. The number of nitrogens with zero attached hydrogens (tertiary/aromatic N) is 1. The zero-order valence-corrected chi connectivity index (χ0v) is 12.8. The Morgan fingerprint density at radius 2 is 1.76 bits per heavy atom. The predicted molar refractivity (Wildman–Crippen MR) is 81.5 cm³/mol. The number of carbonyl (C=O) groups excluding carboxylic acids is 2. The van der Waals surface area contributed by atoms with E-state index in [1.54, 1.807) is 24.3 Å². The van der Waals surface area contributed by atoms with E-state index < -0.39 is 0 Å². The normalized spacial score (nSPS) is 22.8. The van der Waals surface area contributed by atoms with Gasteiger partial charge in [0.1, 0.15) is 0 Å². The number of hydrogen-bond donors (Lipinski definition) is 1. The van der Waals surface area contributed by atoms with Crippen LogP contribution in [0.25, 0.3) is 0 Å². The van der Waals surface area contributed by atoms with Gasteiger partial charge < -0.3 is 10.1 Å². The number of Topliss-reactive ketones (excluding diaryl/α,β-unsaturated/α-hetero) is 1. The fourth-order valence-corrected chi connectivity index (χ4v) is 2.61. The Hall–Kier alpha value is -1.72. The first kappa shape index (κ1) is 15.7. The highest BCUT2D eigenvalue weighted by molar-refractivity contribution is 5.96. The van der Waals surface area contributed by atoms with Crippen LogP contribution in [-0.2, 0) is 9.53 Å². The summed E-state index contributed by atoms with van der Waals surface area (Å²) in [5.41, 5.74) is 1.35. The largest absolute Gasteiger partial charge is 0.373 e. The summed E-state index contributed by atoms with van der Waals surface area (Å²) in [6, 6.07) is 6.94. The number of ketones is 1. The van der Waals surface area contributed by atoms with Crippen LogP contribution in [-0.4, -0.2) is 48.4 Å². The molecule has 1 amide bonds. The third kappa shape index (κ3) is 4.65. The highest BCUT2D eigenvalue weighted by Gasteiger charge is 2.23. The van der Waals surface area contributed by atoms with Crippen molar-refractivity contribution in [3.8, 4) is 0 Å². The van der Waals surface area contributed by atoms with Crippen LogP contribution < -0.4 is 5.32 Å². The van der Waals surface area contributed by atoms with Crippen molar-refractivity contribution in [3.63, 3.8) is 0 Å². The molecule has 1 aromatic rings. The maximum absolute atomic E-state index is 12.1. The molecule has 0 radical (unpaired) electrons. The number of hydrogen-bond acceptors (Lipinski definition) is 4. The van der Waals surface area contributed by atoms with Gasteiger partial charge in [0.15, 0.2) is 5.78 Å². The third-order valence-corrected chi connectivity index (χ3v) is 3.44. The van der Waals surface area contributed by atoms with E-state index in [1.807, 2.05) is 13.8 Å². The standard InChI is InChI=1S/C16H22N2O3/c1-11-8-18(9-12(2)21-11)10-16(20)17-15-6-4-14(5-7-15)13(3)19/h4-7,11-12H,8-10H2,1-3H3,(H,17,20). The molecule has 1 aliphatic heterocycles. The molecule has 0 aromatic heterocycles. The van der Waals surface area contributed by atoms with Gasteiger partial charge in [-0.15, -0.1) is 0 Å². The summed E-state index contributed by atoms with van der Waals surface area (Å²) in [6.45, 7) is 7.44. The lowest BCUT2D eigenvalue weighted by atomic mass is 10.1. The smallest absolute Gasteiger partial charge is 0.238 e. The average molecular weight is 290 g/mol. The molecular formula is C16H22N2O3. The Bertz CT molecular complexity index is 503. The predicted octanol–water partition coefficient (Wildman–Crippen LogP) is 1.94. The second-order valence-electron chi connectivity index (χ2n) is 5.63. The summed E-state index contributed by atoms with van der Waals surface area (Å²) in [6.07, 6.45) is 0.299. The van der Waals surface area contributed by atoms with E-state index in [-0.39, 0.29) is 23.9 Å². The first-order valence-corrected chi connectivity index (χ1v) is 7.22. The second kappa shape index (κ2) is 6.83. The molecule has 1 fully saturated rings. The quantitative estimate of drug-likeness (QED) is 0.861. The van der Waals surface area contributed by atoms with Crippen molar-refractivity contribution < 1.29 is 14.3 Å². The fraction of sp³-hybridized carbons (Fsp3) is 0.500. The van der Waals surface area contributed by atoms with Gasteiger partial charge in [-0.3, -0.25) is 14.5 Å². The molecule has 114 valence electrons. The summed E-state index contributed by atoms with van der Waals surface area (Å²) < 4.78 is 5.65. The number of carbonyl (C=O) groups is 2. The van der Waals surface area contributed by atoms with Crippen molar-refractivity contribution in [1.29, 1.82) is 0 Å². The Balaban J connectivity index is 1.88. The first-order valence-electron chi connectivity index (χ1n) is 7.22. The number of anilines is 1. The number of rotatable bonds is 4. The fourth-order valence-electron chi connectivity index (χ4n) is 2.61. The van der Waals surface area contributed by atoms with Crippen LogP contribution in [0.1, 0.15) is 31.1 Å². The maximum atomic E-state index is 12.1. The average Bonchev–Trinajstić information content (AvgIpc) is 2.37. The van der Waals surface area contributed by atoms with Crippen molar-refractivity contribution in [2.24, 2.45) is 0 Å². The van der Waals surface area contributed by atoms with Crippen molar-refractivity contribution in [2.45, 2.75) is 33.0 Å². The van der Waals surface area contributed by atoms with Gasteiger partial charge in [0.2, 0.25) is 5.91 Å². The summed E-state index contributed by atoms with van der Waals surface area (Å²) in [5, 5.41) is 2.85. The minimum absolute atomic E-state index is 0.0177. The number of amides is 1. The van der Waals surface area contributed by atoms with Crippen molar-refractivity contribution in [1.82, 2.24) is 4.90 Å². The zero-order chi connectivity index (χ0) is 15.4. The summed E-state index contributed by atoms with van der Waals surface area (Å²) >= 11 is 0. The molecule has 2 atom stereocenters. The molecule has 2 unspecified atom stereocenters. The van der Waals surface area contributed by atoms with Crippen molar-refractivity contribution in [2.75, 3.05) is 25.0 Å². The molecule has 2 rings (SSSR count). The highest BCUT2D eigenvalue weighted by atomic mass is 16.5. The van der Waals surface area contributed by atoms with Crippen LogP contribution >= 0.6 is 0 Å². The third-order valence-electron chi connectivity index (χ3n) is 3.44. The topological polar surface area (TPSA) is 58.6 Å². The van der Waals surface area contributed by atoms with Crippen LogP contribution in [0.3, 0.4) is 0 Å². The van der Waals surface area contributed by atoms with Gasteiger partial charge in [0, 0.05) is 24.3 Å². The molecule has 5 heteroatoms. The molecule has 1 N–H and O–H groups in total. The van der Waals surface area contributed by atoms with Crippen LogP contribution in [0.2, 0.25) is 0 Å². The van der Waals surface area contributed by atoms with E-state index in [0.29, 0.717) is 17.8 Å². The molecule has 1 aromatic carbocycles. The Kier molecular flexibility index (Phi) is 5.09. The van der Waals surface area contributed by atoms with Crippen LogP contribution in [0, 0.1) is 0 Å². The van der Waals surface area contributed by atoms with E-state index in [2.05, 4.69) is 10.2 Å². The molecule has 0 spiro atoms. The Morgan fingerprint density at radius 1 is 1.19 bits per heavy atom. The Morgan fingerprint density at radius 3 is 2.29 bits per heavy atom. The molecule has 0 bridgehead atoms. The van der Waals surface area contributed by atoms with Crippen LogP contribution in [0.4, 0.5) is 5.69 Å². The number of morpholine rings is 1. The zero-order valence-electron chi connectivity index (χ0n) is 12.8. The van der Waals surface area contributed by atoms with Gasteiger partial charge in [-0.25, -0.2) is 0 Å².